The normalized spacial score (nSPS) is 12.6. The molecular formula is C16H12Cl2F3NO2. The number of halogens is 5. The standard InChI is InChI=1S/C16H12Cl2F3NO2/c1-9(24-12-4-2-3-10(17)7-12)15(23)22-14-6-5-11(18)8-13(14)16(19,20)21/h2-9H,1H3,(H,22,23)/t9-/m1/s1. The average molecular weight is 378 g/mol. The molecule has 2 aromatic rings. The molecule has 0 heterocycles. The third-order valence-corrected chi connectivity index (χ3v) is 3.49. The zero-order chi connectivity index (χ0) is 17.9. The molecule has 0 aromatic heterocycles. The summed E-state index contributed by atoms with van der Waals surface area (Å²) in [7, 11) is 0. The molecule has 1 atom stereocenters. The van der Waals surface area contributed by atoms with Crippen LogP contribution in [0.3, 0.4) is 0 Å². The number of carbonyl (C=O) groups excluding carboxylic acids is 1. The van der Waals surface area contributed by atoms with Crippen molar-refractivity contribution in [3.05, 3.63) is 58.1 Å². The molecule has 0 spiro atoms. The Morgan fingerprint density at radius 1 is 1.12 bits per heavy atom. The van der Waals surface area contributed by atoms with Crippen LogP contribution in [-0.2, 0) is 11.0 Å². The molecular weight excluding hydrogens is 366 g/mol. The largest absolute Gasteiger partial charge is 0.481 e. The fourth-order valence-electron chi connectivity index (χ4n) is 1.89. The quantitative estimate of drug-likeness (QED) is 0.772. The van der Waals surface area contributed by atoms with Crippen molar-refractivity contribution in [3.63, 3.8) is 0 Å². The minimum Gasteiger partial charge on any atom is -0.481 e. The molecule has 0 unspecified atom stereocenters. The number of ether oxygens (including phenoxy) is 1. The van der Waals surface area contributed by atoms with Gasteiger partial charge in [-0.3, -0.25) is 4.79 Å². The van der Waals surface area contributed by atoms with Crippen molar-refractivity contribution in [2.24, 2.45) is 0 Å². The van der Waals surface area contributed by atoms with Gasteiger partial charge in [-0.15, -0.1) is 0 Å². The van der Waals surface area contributed by atoms with Crippen molar-refractivity contribution < 1.29 is 22.7 Å². The summed E-state index contributed by atoms with van der Waals surface area (Å²) in [5.41, 5.74) is -1.42. The van der Waals surface area contributed by atoms with E-state index in [1.165, 1.54) is 19.1 Å². The maximum Gasteiger partial charge on any atom is 0.418 e. The number of nitrogens with one attached hydrogen (secondary N) is 1. The minimum atomic E-state index is -4.65. The van der Waals surface area contributed by atoms with Gasteiger partial charge in [0.1, 0.15) is 5.75 Å². The molecule has 2 rings (SSSR count). The van der Waals surface area contributed by atoms with Crippen LogP contribution in [0.4, 0.5) is 18.9 Å². The van der Waals surface area contributed by atoms with Crippen molar-refractivity contribution in [2.45, 2.75) is 19.2 Å². The summed E-state index contributed by atoms with van der Waals surface area (Å²) in [5.74, 6) is -0.403. The van der Waals surface area contributed by atoms with E-state index in [2.05, 4.69) is 5.32 Å². The fraction of sp³-hybridized carbons (Fsp3) is 0.188. The number of benzene rings is 2. The Hall–Kier alpha value is -1.92. The molecule has 0 saturated carbocycles. The van der Waals surface area contributed by atoms with E-state index in [9.17, 15) is 18.0 Å². The van der Waals surface area contributed by atoms with Gasteiger partial charge < -0.3 is 10.1 Å². The minimum absolute atomic E-state index is 0.0800. The predicted molar refractivity (Wildman–Crippen MR) is 86.6 cm³/mol. The summed E-state index contributed by atoms with van der Waals surface area (Å²) in [6.45, 7) is 1.42. The lowest BCUT2D eigenvalue weighted by Gasteiger charge is -2.18. The molecule has 0 bridgehead atoms. The first-order valence-electron chi connectivity index (χ1n) is 6.76. The highest BCUT2D eigenvalue weighted by molar-refractivity contribution is 6.31. The second-order valence-electron chi connectivity index (χ2n) is 4.89. The summed E-state index contributed by atoms with van der Waals surface area (Å²) in [5, 5.41) is 2.54. The van der Waals surface area contributed by atoms with E-state index < -0.39 is 29.4 Å². The molecule has 0 aliphatic carbocycles. The SMILES string of the molecule is C[C@@H](Oc1cccc(Cl)c1)C(=O)Nc1ccc(Cl)cc1C(F)(F)F. The molecule has 2 aromatic carbocycles. The van der Waals surface area contributed by atoms with Gasteiger partial charge in [0.25, 0.3) is 5.91 Å². The van der Waals surface area contributed by atoms with Gasteiger partial charge in [-0.25, -0.2) is 0 Å². The smallest absolute Gasteiger partial charge is 0.418 e. The van der Waals surface area contributed by atoms with Crippen LogP contribution < -0.4 is 10.1 Å². The Morgan fingerprint density at radius 3 is 2.42 bits per heavy atom. The zero-order valence-electron chi connectivity index (χ0n) is 12.3. The van der Waals surface area contributed by atoms with E-state index in [0.717, 1.165) is 12.1 Å². The molecule has 0 aliphatic heterocycles. The van der Waals surface area contributed by atoms with Crippen LogP contribution in [0.5, 0.6) is 5.75 Å². The molecule has 0 radical (unpaired) electrons. The Morgan fingerprint density at radius 2 is 1.79 bits per heavy atom. The first kappa shape index (κ1) is 18.4. The second-order valence-corrected chi connectivity index (χ2v) is 5.77. The van der Waals surface area contributed by atoms with Gasteiger partial charge in [-0.1, -0.05) is 29.3 Å². The fourth-order valence-corrected chi connectivity index (χ4v) is 2.24. The van der Waals surface area contributed by atoms with Gasteiger partial charge >= 0.3 is 6.18 Å². The molecule has 1 N–H and O–H groups in total. The maximum absolute atomic E-state index is 13.0. The van der Waals surface area contributed by atoms with Gasteiger partial charge in [0.05, 0.1) is 11.3 Å². The van der Waals surface area contributed by atoms with Crippen LogP contribution in [0.25, 0.3) is 0 Å². The summed E-state index contributed by atoms with van der Waals surface area (Å²) >= 11 is 11.4. The van der Waals surface area contributed by atoms with Crippen molar-refractivity contribution in [1.29, 1.82) is 0 Å². The van der Waals surface area contributed by atoms with Crippen molar-refractivity contribution in [3.8, 4) is 5.75 Å². The van der Waals surface area contributed by atoms with Crippen molar-refractivity contribution >= 4 is 34.8 Å². The first-order chi connectivity index (χ1) is 11.2. The number of amides is 1. The number of anilines is 1. The maximum atomic E-state index is 13.0. The van der Waals surface area contributed by atoms with E-state index in [4.69, 9.17) is 27.9 Å². The number of carbonyl (C=O) groups is 1. The number of rotatable bonds is 4. The van der Waals surface area contributed by atoms with Gasteiger partial charge in [0, 0.05) is 10.0 Å². The lowest BCUT2D eigenvalue weighted by atomic mass is 10.1. The summed E-state index contributed by atoms with van der Waals surface area (Å²) < 4.78 is 44.4. The van der Waals surface area contributed by atoms with Crippen LogP contribution in [0.15, 0.2) is 42.5 Å². The van der Waals surface area contributed by atoms with E-state index in [1.54, 1.807) is 18.2 Å². The van der Waals surface area contributed by atoms with E-state index in [-0.39, 0.29) is 5.02 Å². The summed E-state index contributed by atoms with van der Waals surface area (Å²) in [6.07, 6.45) is -5.68. The van der Waals surface area contributed by atoms with Crippen molar-refractivity contribution in [2.75, 3.05) is 5.32 Å². The van der Waals surface area contributed by atoms with E-state index in [1.807, 2.05) is 0 Å². The van der Waals surface area contributed by atoms with Gasteiger partial charge in [-0.2, -0.15) is 13.2 Å². The molecule has 3 nitrogen and oxygen atoms in total. The Bertz CT molecular complexity index is 750. The third kappa shape index (κ3) is 4.79. The van der Waals surface area contributed by atoms with Crippen LogP contribution in [0, 0.1) is 0 Å². The Labute approximate surface area is 146 Å². The Balaban J connectivity index is 2.14. The molecule has 0 fully saturated rings. The lowest BCUT2D eigenvalue weighted by Crippen LogP contribution is -2.31. The van der Waals surface area contributed by atoms with E-state index >= 15 is 0 Å². The highest BCUT2D eigenvalue weighted by atomic mass is 35.5. The van der Waals surface area contributed by atoms with Crippen LogP contribution >= 0.6 is 23.2 Å². The molecule has 128 valence electrons. The van der Waals surface area contributed by atoms with Crippen LogP contribution in [-0.4, -0.2) is 12.0 Å². The third-order valence-electron chi connectivity index (χ3n) is 3.02. The monoisotopic (exact) mass is 377 g/mol. The molecule has 8 heteroatoms. The summed E-state index contributed by atoms with van der Waals surface area (Å²) in [4.78, 5) is 12.1. The zero-order valence-corrected chi connectivity index (χ0v) is 13.8. The number of hydrogen-bond acceptors (Lipinski definition) is 2. The molecule has 0 aliphatic rings. The van der Waals surface area contributed by atoms with E-state index in [0.29, 0.717) is 10.8 Å². The first-order valence-corrected chi connectivity index (χ1v) is 7.52. The van der Waals surface area contributed by atoms with Gasteiger partial charge in [-0.05, 0) is 43.3 Å². The molecule has 24 heavy (non-hydrogen) atoms. The topological polar surface area (TPSA) is 38.3 Å². The average Bonchev–Trinajstić information content (AvgIpc) is 2.48. The molecule has 1 amide bonds. The number of alkyl halides is 3. The highest BCUT2D eigenvalue weighted by Crippen LogP contribution is 2.36. The van der Waals surface area contributed by atoms with Crippen LogP contribution in [0.2, 0.25) is 10.0 Å². The lowest BCUT2D eigenvalue weighted by molar-refractivity contribution is -0.137. The predicted octanol–water partition coefficient (Wildman–Crippen LogP) is 5.42. The van der Waals surface area contributed by atoms with Crippen molar-refractivity contribution in [1.82, 2.24) is 0 Å². The summed E-state index contributed by atoms with van der Waals surface area (Å²) in [6, 6.07) is 9.43. The van der Waals surface area contributed by atoms with Crippen LogP contribution in [0.1, 0.15) is 12.5 Å². The van der Waals surface area contributed by atoms with Gasteiger partial charge in [0.2, 0.25) is 0 Å². The second kappa shape index (κ2) is 7.32. The Kier molecular flexibility index (Phi) is 5.62. The molecule has 0 saturated heterocycles. The number of hydrogen-bond donors (Lipinski definition) is 1. The highest BCUT2D eigenvalue weighted by Gasteiger charge is 2.34. The van der Waals surface area contributed by atoms with Gasteiger partial charge in [0.15, 0.2) is 6.10 Å².